The predicted molar refractivity (Wildman–Crippen MR) is 89.6 cm³/mol. The molecule has 0 fully saturated rings. The van der Waals surface area contributed by atoms with Crippen LogP contribution in [0.2, 0.25) is 0 Å². The zero-order valence-electron chi connectivity index (χ0n) is 12.6. The summed E-state index contributed by atoms with van der Waals surface area (Å²) in [6.07, 6.45) is 2.05. The molecule has 0 heterocycles. The SMILES string of the molecule is CSc1ccc(CN(C)C(=O)c2cc(C)cc(N)c2)cc1. The third-order valence-corrected chi connectivity index (χ3v) is 4.02. The van der Waals surface area contributed by atoms with Gasteiger partial charge >= 0.3 is 0 Å². The maximum absolute atomic E-state index is 12.4. The van der Waals surface area contributed by atoms with Crippen LogP contribution in [0.5, 0.6) is 0 Å². The molecular formula is C17H20N2OS. The lowest BCUT2D eigenvalue weighted by Gasteiger charge is -2.18. The lowest BCUT2D eigenvalue weighted by Crippen LogP contribution is -2.26. The van der Waals surface area contributed by atoms with Gasteiger partial charge in [0.2, 0.25) is 0 Å². The quantitative estimate of drug-likeness (QED) is 0.693. The molecular weight excluding hydrogens is 280 g/mol. The minimum atomic E-state index is -0.0145. The molecule has 4 heteroatoms. The van der Waals surface area contributed by atoms with Gasteiger partial charge in [0.25, 0.3) is 5.91 Å². The van der Waals surface area contributed by atoms with E-state index in [0.29, 0.717) is 17.8 Å². The Morgan fingerprint density at radius 2 is 1.86 bits per heavy atom. The van der Waals surface area contributed by atoms with Crippen molar-refractivity contribution >= 4 is 23.4 Å². The fourth-order valence-corrected chi connectivity index (χ4v) is 2.64. The molecule has 2 aromatic rings. The summed E-state index contributed by atoms with van der Waals surface area (Å²) in [5, 5.41) is 0. The molecule has 0 radical (unpaired) electrons. The van der Waals surface area contributed by atoms with Crippen molar-refractivity contribution in [1.82, 2.24) is 4.90 Å². The van der Waals surface area contributed by atoms with Crippen LogP contribution in [0.25, 0.3) is 0 Å². The molecule has 2 aromatic carbocycles. The zero-order valence-corrected chi connectivity index (χ0v) is 13.4. The summed E-state index contributed by atoms with van der Waals surface area (Å²) in [5.74, 6) is -0.0145. The van der Waals surface area contributed by atoms with Crippen molar-refractivity contribution < 1.29 is 4.79 Å². The van der Waals surface area contributed by atoms with Gasteiger partial charge in [-0.05, 0) is 54.6 Å². The Kier molecular flexibility index (Phi) is 4.91. The van der Waals surface area contributed by atoms with Crippen LogP contribution in [-0.4, -0.2) is 24.1 Å². The van der Waals surface area contributed by atoms with E-state index >= 15 is 0 Å². The van der Waals surface area contributed by atoms with E-state index in [-0.39, 0.29) is 5.91 Å². The number of aryl methyl sites for hydroxylation is 1. The summed E-state index contributed by atoms with van der Waals surface area (Å²) in [6, 6.07) is 13.7. The van der Waals surface area contributed by atoms with Gasteiger partial charge in [0, 0.05) is 29.7 Å². The summed E-state index contributed by atoms with van der Waals surface area (Å²) in [4.78, 5) is 15.4. The number of carbonyl (C=O) groups is 1. The average Bonchev–Trinajstić information content (AvgIpc) is 2.46. The van der Waals surface area contributed by atoms with E-state index in [0.717, 1.165) is 11.1 Å². The van der Waals surface area contributed by atoms with E-state index in [4.69, 9.17) is 5.73 Å². The van der Waals surface area contributed by atoms with Gasteiger partial charge in [0.15, 0.2) is 0 Å². The smallest absolute Gasteiger partial charge is 0.253 e. The number of carbonyl (C=O) groups excluding carboxylic acids is 1. The average molecular weight is 300 g/mol. The Balaban J connectivity index is 2.11. The largest absolute Gasteiger partial charge is 0.399 e. The van der Waals surface area contributed by atoms with Gasteiger partial charge in [0.1, 0.15) is 0 Å². The maximum atomic E-state index is 12.4. The monoisotopic (exact) mass is 300 g/mol. The minimum Gasteiger partial charge on any atom is -0.399 e. The van der Waals surface area contributed by atoms with Crippen LogP contribution in [0.4, 0.5) is 5.69 Å². The van der Waals surface area contributed by atoms with Crippen molar-refractivity contribution in [2.45, 2.75) is 18.4 Å². The summed E-state index contributed by atoms with van der Waals surface area (Å²) in [6.45, 7) is 2.52. The summed E-state index contributed by atoms with van der Waals surface area (Å²) >= 11 is 1.71. The Morgan fingerprint density at radius 1 is 1.19 bits per heavy atom. The minimum absolute atomic E-state index is 0.0145. The normalized spacial score (nSPS) is 10.4. The lowest BCUT2D eigenvalue weighted by molar-refractivity contribution is 0.0785. The van der Waals surface area contributed by atoms with Crippen LogP contribution >= 0.6 is 11.8 Å². The van der Waals surface area contributed by atoms with Crippen LogP contribution < -0.4 is 5.73 Å². The number of hydrogen-bond acceptors (Lipinski definition) is 3. The van der Waals surface area contributed by atoms with Gasteiger partial charge in [-0.2, -0.15) is 0 Å². The van der Waals surface area contributed by atoms with E-state index in [1.807, 2.05) is 32.4 Å². The molecule has 3 nitrogen and oxygen atoms in total. The first-order valence-electron chi connectivity index (χ1n) is 6.75. The van der Waals surface area contributed by atoms with Crippen molar-refractivity contribution in [1.29, 1.82) is 0 Å². The van der Waals surface area contributed by atoms with E-state index in [1.54, 1.807) is 22.7 Å². The molecule has 1 amide bonds. The first-order chi connectivity index (χ1) is 9.99. The maximum Gasteiger partial charge on any atom is 0.253 e. The van der Waals surface area contributed by atoms with Crippen molar-refractivity contribution in [2.75, 3.05) is 19.0 Å². The fourth-order valence-electron chi connectivity index (χ4n) is 2.23. The van der Waals surface area contributed by atoms with Crippen molar-refractivity contribution in [2.24, 2.45) is 0 Å². The number of thioether (sulfide) groups is 1. The Hall–Kier alpha value is -1.94. The second kappa shape index (κ2) is 6.68. The molecule has 2 rings (SSSR count). The standard InChI is InChI=1S/C17H20N2OS/c1-12-8-14(10-15(18)9-12)17(20)19(2)11-13-4-6-16(21-3)7-5-13/h4-10H,11,18H2,1-3H3. The number of benzene rings is 2. The number of nitrogens with two attached hydrogens (primary N) is 1. The number of hydrogen-bond donors (Lipinski definition) is 1. The number of amides is 1. The van der Waals surface area contributed by atoms with E-state index in [2.05, 4.69) is 24.3 Å². The number of rotatable bonds is 4. The van der Waals surface area contributed by atoms with Crippen LogP contribution in [0.15, 0.2) is 47.4 Å². The van der Waals surface area contributed by atoms with Crippen LogP contribution in [0.1, 0.15) is 21.5 Å². The lowest BCUT2D eigenvalue weighted by atomic mass is 10.1. The molecule has 0 aromatic heterocycles. The molecule has 0 saturated heterocycles. The molecule has 0 aliphatic heterocycles. The highest BCUT2D eigenvalue weighted by Crippen LogP contribution is 2.17. The third-order valence-electron chi connectivity index (χ3n) is 3.27. The summed E-state index contributed by atoms with van der Waals surface area (Å²) in [5.41, 5.74) is 9.18. The van der Waals surface area contributed by atoms with Gasteiger partial charge in [-0.1, -0.05) is 12.1 Å². The molecule has 0 saturated carbocycles. The van der Waals surface area contributed by atoms with Gasteiger partial charge in [-0.3, -0.25) is 4.79 Å². The van der Waals surface area contributed by atoms with Crippen molar-refractivity contribution in [3.63, 3.8) is 0 Å². The molecule has 0 spiro atoms. The first-order valence-corrected chi connectivity index (χ1v) is 7.97. The molecule has 0 unspecified atom stereocenters. The number of anilines is 1. The topological polar surface area (TPSA) is 46.3 Å². The summed E-state index contributed by atoms with van der Waals surface area (Å²) < 4.78 is 0. The Morgan fingerprint density at radius 3 is 2.43 bits per heavy atom. The summed E-state index contributed by atoms with van der Waals surface area (Å²) in [7, 11) is 1.81. The highest BCUT2D eigenvalue weighted by molar-refractivity contribution is 7.98. The first kappa shape index (κ1) is 15.4. The van der Waals surface area contributed by atoms with Gasteiger partial charge in [0.05, 0.1) is 0 Å². The van der Waals surface area contributed by atoms with Crippen LogP contribution in [-0.2, 0) is 6.54 Å². The highest BCUT2D eigenvalue weighted by atomic mass is 32.2. The highest BCUT2D eigenvalue weighted by Gasteiger charge is 2.13. The molecule has 0 atom stereocenters. The van der Waals surface area contributed by atoms with Crippen LogP contribution in [0.3, 0.4) is 0 Å². The van der Waals surface area contributed by atoms with Crippen molar-refractivity contribution in [3.8, 4) is 0 Å². The second-order valence-corrected chi connectivity index (χ2v) is 6.02. The van der Waals surface area contributed by atoms with Crippen molar-refractivity contribution in [3.05, 3.63) is 59.2 Å². The molecule has 0 bridgehead atoms. The molecule has 110 valence electrons. The van der Waals surface area contributed by atoms with E-state index in [1.165, 1.54) is 4.90 Å². The van der Waals surface area contributed by atoms with Crippen LogP contribution in [0, 0.1) is 6.92 Å². The van der Waals surface area contributed by atoms with E-state index in [9.17, 15) is 4.79 Å². The number of nitrogens with zero attached hydrogens (tertiary/aromatic N) is 1. The van der Waals surface area contributed by atoms with Gasteiger partial charge in [-0.25, -0.2) is 0 Å². The second-order valence-electron chi connectivity index (χ2n) is 5.14. The Bertz CT molecular complexity index is 617. The predicted octanol–water partition coefficient (Wildman–Crippen LogP) is 3.57. The van der Waals surface area contributed by atoms with E-state index < -0.39 is 0 Å². The number of nitrogen functional groups attached to an aromatic ring is 1. The molecule has 2 N–H and O–H groups in total. The zero-order chi connectivity index (χ0) is 15.4. The molecule has 0 aliphatic rings. The molecule has 21 heavy (non-hydrogen) atoms. The Labute approximate surface area is 130 Å². The fraction of sp³-hybridized carbons (Fsp3) is 0.235. The third kappa shape index (κ3) is 4.02. The van der Waals surface area contributed by atoms with Gasteiger partial charge < -0.3 is 10.6 Å². The van der Waals surface area contributed by atoms with Gasteiger partial charge in [-0.15, -0.1) is 11.8 Å². The molecule has 0 aliphatic carbocycles.